The van der Waals surface area contributed by atoms with Crippen LogP contribution in [-0.4, -0.2) is 19.9 Å². The summed E-state index contributed by atoms with van der Waals surface area (Å²) in [5, 5.41) is 15.2. The molecule has 0 radical (unpaired) electrons. The van der Waals surface area contributed by atoms with E-state index in [4.69, 9.17) is 5.26 Å². The molecule has 132 valence electrons. The molecule has 0 bridgehead atoms. The van der Waals surface area contributed by atoms with Crippen LogP contribution in [0.5, 0.6) is 0 Å². The van der Waals surface area contributed by atoms with Gasteiger partial charge in [-0.2, -0.15) is 10.2 Å². The van der Waals surface area contributed by atoms with Crippen LogP contribution in [0.1, 0.15) is 11.1 Å². The standard InChI is InChI=1S/C19H15N7O/c1-11-10-21-18(23-13-4-2-12(9-20)3-5-13)26-17(11)22-14-6-7-15-16(8-14)25-19(27)24-15/h2-8,10H,1H3,(H2,24,25,27)(H2,21,22,23,26). The van der Waals surface area contributed by atoms with Crippen molar-refractivity contribution in [1.82, 2.24) is 19.9 Å². The molecule has 8 heteroatoms. The molecule has 4 aromatic rings. The van der Waals surface area contributed by atoms with Crippen molar-refractivity contribution in [3.63, 3.8) is 0 Å². The topological polar surface area (TPSA) is 122 Å². The van der Waals surface area contributed by atoms with Crippen molar-refractivity contribution in [1.29, 1.82) is 5.26 Å². The highest BCUT2D eigenvalue weighted by molar-refractivity contribution is 5.80. The number of nitriles is 1. The van der Waals surface area contributed by atoms with Crippen molar-refractivity contribution in [2.75, 3.05) is 10.6 Å². The Morgan fingerprint density at radius 1 is 1.00 bits per heavy atom. The molecule has 0 atom stereocenters. The van der Waals surface area contributed by atoms with Gasteiger partial charge in [0, 0.05) is 23.1 Å². The second kappa shape index (κ2) is 6.65. The van der Waals surface area contributed by atoms with Crippen LogP contribution in [0.2, 0.25) is 0 Å². The number of H-pyrrole nitrogens is 2. The lowest BCUT2D eigenvalue weighted by Crippen LogP contribution is -2.02. The van der Waals surface area contributed by atoms with E-state index in [1.165, 1.54) is 0 Å². The van der Waals surface area contributed by atoms with Crippen molar-refractivity contribution in [3.05, 3.63) is 70.3 Å². The second-order valence-electron chi connectivity index (χ2n) is 6.00. The van der Waals surface area contributed by atoms with E-state index in [2.05, 4.69) is 36.6 Å². The molecule has 0 saturated heterocycles. The van der Waals surface area contributed by atoms with E-state index in [1.807, 2.05) is 25.1 Å². The first-order valence-corrected chi connectivity index (χ1v) is 8.20. The van der Waals surface area contributed by atoms with Gasteiger partial charge in [-0.25, -0.2) is 9.78 Å². The Hall–Kier alpha value is -4.12. The van der Waals surface area contributed by atoms with Gasteiger partial charge in [0.15, 0.2) is 0 Å². The van der Waals surface area contributed by atoms with Gasteiger partial charge < -0.3 is 20.6 Å². The number of nitrogens with one attached hydrogen (secondary N) is 4. The van der Waals surface area contributed by atoms with Gasteiger partial charge in [-0.15, -0.1) is 0 Å². The lowest BCUT2D eigenvalue weighted by atomic mass is 10.2. The van der Waals surface area contributed by atoms with Crippen LogP contribution in [0.3, 0.4) is 0 Å². The Morgan fingerprint density at radius 2 is 1.74 bits per heavy atom. The molecule has 2 aromatic heterocycles. The van der Waals surface area contributed by atoms with E-state index in [0.29, 0.717) is 22.8 Å². The first kappa shape index (κ1) is 16.4. The van der Waals surface area contributed by atoms with E-state index >= 15 is 0 Å². The molecule has 27 heavy (non-hydrogen) atoms. The molecule has 0 fully saturated rings. The largest absolute Gasteiger partial charge is 0.340 e. The summed E-state index contributed by atoms with van der Waals surface area (Å²) >= 11 is 0. The molecule has 0 aliphatic heterocycles. The van der Waals surface area contributed by atoms with E-state index in [1.54, 1.807) is 30.5 Å². The smallest absolute Gasteiger partial charge is 0.323 e. The van der Waals surface area contributed by atoms with Crippen molar-refractivity contribution in [2.45, 2.75) is 6.92 Å². The summed E-state index contributed by atoms with van der Waals surface area (Å²) in [4.78, 5) is 25.6. The van der Waals surface area contributed by atoms with E-state index in [0.717, 1.165) is 22.5 Å². The summed E-state index contributed by atoms with van der Waals surface area (Å²) in [6.45, 7) is 1.91. The van der Waals surface area contributed by atoms with Gasteiger partial charge in [-0.3, -0.25) is 0 Å². The highest BCUT2D eigenvalue weighted by atomic mass is 16.1. The highest BCUT2D eigenvalue weighted by Crippen LogP contribution is 2.22. The lowest BCUT2D eigenvalue weighted by molar-refractivity contribution is 1.13. The molecule has 0 spiro atoms. The van der Waals surface area contributed by atoms with E-state index < -0.39 is 0 Å². The van der Waals surface area contributed by atoms with Gasteiger partial charge >= 0.3 is 5.69 Å². The molecule has 4 rings (SSSR count). The van der Waals surface area contributed by atoms with Crippen LogP contribution in [-0.2, 0) is 0 Å². The summed E-state index contributed by atoms with van der Waals surface area (Å²) in [5.41, 5.74) is 4.27. The third kappa shape index (κ3) is 3.48. The Morgan fingerprint density at radius 3 is 2.52 bits per heavy atom. The fraction of sp³-hybridized carbons (Fsp3) is 0.0526. The maximum atomic E-state index is 11.4. The van der Waals surface area contributed by atoms with Gasteiger partial charge in [-0.05, 0) is 49.4 Å². The monoisotopic (exact) mass is 357 g/mol. The fourth-order valence-electron chi connectivity index (χ4n) is 2.63. The van der Waals surface area contributed by atoms with Gasteiger partial charge in [0.1, 0.15) is 5.82 Å². The normalized spacial score (nSPS) is 10.5. The van der Waals surface area contributed by atoms with Gasteiger partial charge in [0.2, 0.25) is 5.95 Å². The third-order valence-corrected chi connectivity index (χ3v) is 4.02. The number of aryl methyl sites for hydroxylation is 1. The molecule has 8 nitrogen and oxygen atoms in total. The number of nitrogens with zero attached hydrogens (tertiary/aromatic N) is 3. The zero-order valence-corrected chi connectivity index (χ0v) is 14.4. The third-order valence-electron chi connectivity index (χ3n) is 4.02. The molecule has 0 amide bonds. The molecule has 4 N–H and O–H groups in total. The fourth-order valence-corrected chi connectivity index (χ4v) is 2.63. The van der Waals surface area contributed by atoms with Crippen LogP contribution >= 0.6 is 0 Å². The molecule has 0 saturated carbocycles. The predicted molar refractivity (Wildman–Crippen MR) is 103 cm³/mol. The molecular formula is C19H15N7O. The predicted octanol–water partition coefficient (Wildman–Crippen LogP) is 3.31. The van der Waals surface area contributed by atoms with Gasteiger partial charge in [0.05, 0.1) is 22.7 Å². The van der Waals surface area contributed by atoms with Gasteiger partial charge in [0.25, 0.3) is 0 Å². The maximum absolute atomic E-state index is 11.4. The quantitative estimate of drug-likeness (QED) is 0.444. The number of benzene rings is 2. The summed E-state index contributed by atoms with van der Waals surface area (Å²) in [6.07, 6.45) is 1.72. The first-order valence-electron chi connectivity index (χ1n) is 8.20. The van der Waals surface area contributed by atoms with Crippen molar-refractivity contribution in [3.8, 4) is 6.07 Å². The molecular weight excluding hydrogens is 342 g/mol. The average molecular weight is 357 g/mol. The highest BCUT2D eigenvalue weighted by Gasteiger charge is 2.07. The molecule has 0 unspecified atom stereocenters. The minimum atomic E-state index is -0.241. The van der Waals surface area contributed by atoms with Crippen LogP contribution < -0.4 is 16.3 Å². The van der Waals surface area contributed by atoms with Crippen LogP contribution in [0, 0.1) is 18.3 Å². The van der Waals surface area contributed by atoms with Crippen LogP contribution in [0.15, 0.2) is 53.5 Å². The number of imidazole rings is 1. The SMILES string of the molecule is Cc1cnc(Nc2ccc(C#N)cc2)nc1Nc1ccc2[nH]c(=O)[nH]c2c1. The zero-order valence-electron chi connectivity index (χ0n) is 14.4. The first-order chi connectivity index (χ1) is 13.1. The van der Waals surface area contributed by atoms with Gasteiger partial charge in [-0.1, -0.05) is 0 Å². The Labute approximate surface area is 153 Å². The number of aromatic amines is 2. The average Bonchev–Trinajstić information content (AvgIpc) is 3.04. The number of aromatic nitrogens is 4. The maximum Gasteiger partial charge on any atom is 0.323 e. The molecule has 2 aromatic carbocycles. The number of anilines is 4. The van der Waals surface area contributed by atoms with Crippen molar-refractivity contribution >= 4 is 34.2 Å². The number of hydrogen-bond acceptors (Lipinski definition) is 6. The summed E-state index contributed by atoms with van der Waals surface area (Å²) in [5.74, 6) is 1.09. The molecule has 0 aliphatic rings. The Balaban J connectivity index is 1.59. The zero-order chi connectivity index (χ0) is 18.8. The van der Waals surface area contributed by atoms with E-state index in [-0.39, 0.29) is 5.69 Å². The Bertz CT molecular complexity index is 1220. The minimum absolute atomic E-state index is 0.241. The number of fused-ring (bicyclic) bond motifs is 1. The van der Waals surface area contributed by atoms with Crippen molar-refractivity contribution < 1.29 is 0 Å². The molecule has 0 aliphatic carbocycles. The summed E-state index contributed by atoms with van der Waals surface area (Å²) in [6, 6.07) is 14.6. The second-order valence-corrected chi connectivity index (χ2v) is 6.00. The summed E-state index contributed by atoms with van der Waals surface area (Å²) in [7, 11) is 0. The van der Waals surface area contributed by atoms with E-state index in [9.17, 15) is 4.79 Å². The molecule has 2 heterocycles. The number of hydrogen-bond donors (Lipinski definition) is 4. The van der Waals surface area contributed by atoms with Crippen LogP contribution in [0.4, 0.5) is 23.1 Å². The lowest BCUT2D eigenvalue weighted by Gasteiger charge is -2.11. The van der Waals surface area contributed by atoms with Crippen LogP contribution in [0.25, 0.3) is 11.0 Å². The number of rotatable bonds is 4. The van der Waals surface area contributed by atoms with Crippen molar-refractivity contribution in [2.24, 2.45) is 0 Å². The Kier molecular flexibility index (Phi) is 4.03. The minimum Gasteiger partial charge on any atom is -0.340 e. The summed E-state index contributed by atoms with van der Waals surface area (Å²) < 4.78 is 0.